The van der Waals surface area contributed by atoms with Crippen LogP contribution in [0.1, 0.15) is 60.2 Å². The number of hydrogen-bond acceptors (Lipinski definition) is 9. The van der Waals surface area contributed by atoms with E-state index in [1.54, 1.807) is 18.2 Å². The molecule has 12 nitrogen and oxygen atoms in total. The van der Waals surface area contributed by atoms with Crippen LogP contribution in [0.5, 0.6) is 6.01 Å². The van der Waals surface area contributed by atoms with Crippen LogP contribution in [-0.2, 0) is 27.3 Å². The zero-order valence-corrected chi connectivity index (χ0v) is 29.1. The molecular weight excluding hydrogens is 660 g/mol. The van der Waals surface area contributed by atoms with Gasteiger partial charge in [-0.25, -0.2) is 9.59 Å². The first-order valence-corrected chi connectivity index (χ1v) is 17.2. The zero-order chi connectivity index (χ0) is 36.3. The summed E-state index contributed by atoms with van der Waals surface area (Å²) in [5.41, 5.74) is 5.95. The standard InChI is InChI=1S/C40H40N6O6/c1-3-49-39-43-35-20-12-19-34(38(47)50-27(2)51-40(48)52-31-15-8-5-9-16-31)36(35)46(39)26-29-21-23-30(24-22-29)32-17-10-11-18-33(32)37(44-45-41)42-25-28-13-6-4-7-14-28/h4-8,10-14,17-24,27,31H,3,9,15-16,25-26H2,1-2H3,(H2,41,42,44). The number of ether oxygens (including phenoxy) is 4. The molecule has 1 aromatic heterocycles. The third-order valence-electron chi connectivity index (χ3n) is 8.42. The van der Waals surface area contributed by atoms with Crippen LogP contribution >= 0.6 is 0 Å². The van der Waals surface area contributed by atoms with Crippen LogP contribution in [0.3, 0.4) is 0 Å². The lowest BCUT2D eigenvalue weighted by molar-refractivity contribution is -0.0895. The molecule has 4 aromatic carbocycles. The second-order valence-electron chi connectivity index (χ2n) is 12.0. The molecule has 0 spiro atoms. The number of aliphatic imine (C=N–C) groups is 1. The van der Waals surface area contributed by atoms with Gasteiger partial charge in [0.25, 0.3) is 6.01 Å². The number of aromatic nitrogens is 2. The van der Waals surface area contributed by atoms with Crippen LogP contribution in [0.2, 0.25) is 0 Å². The van der Waals surface area contributed by atoms with Gasteiger partial charge in [-0.2, -0.15) is 4.98 Å². The number of para-hydroxylation sites is 1. The number of nitrogens with zero attached hydrogens (tertiary/aromatic N) is 5. The molecule has 0 saturated heterocycles. The first-order chi connectivity index (χ1) is 25.4. The van der Waals surface area contributed by atoms with E-state index in [-0.39, 0.29) is 11.7 Å². The number of imidazole rings is 1. The predicted molar refractivity (Wildman–Crippen MR) is 197 cm³/mol. The van der Waals surface area contributed by atoms with Crippen molar-refractivity contribution in [2.24, 2.45) is 21.2 Å². The Hall–Kier alpha value is -6.30. The van der Waals surface area contributed by atoms with E-state index in [4.69, 9.17) is 29.8 Å². The highest BCUT2D eigenvalue weighted by Gasteiger charge is 2.24. The van der Waals surface area contributed by atoms with Gasteiger partial charge in [0, 0.05) is 18.9 Å². The van der Waals surface area contributed by atoms with Gasteiger partial charge >= 0.3 is 12.1 Å². The van der Waals surface area contributed by atoms with Gasteiger partial charge in [-0.05, 0) is 54.2 Å². The second-order valence-corrected chi connectivity index (χ2v) is 12.0. The lowest BCUT2D eigenvalue weighted by atomic mass is 9.98. The summed E-state index contributed by atoms with van der Waals surface area (Å²) in [5, 5.41) is 7.70. The average Bonchev–Trinajstić information content (AvgIpc) is 3.51. The van der Waals surface area contributed by atoms with Gasteiger partial charge < -0.3 is 24.8 Å². The number of carbonyl (C=O) groups excluding carboxylic acids is 2. The molecule has 1 heterocycles. The summed E-state index contributed by atoms with van der Waals surface area (Å²) in [6.07, 6.45) is 3.87. The van der Waals surface area contributed by atoms with E-state index in [0.29, 0.717) is 49.0 Å². The molecule has 0 radical (unpaired) electrons. The SMILES string of the molecule is CCOc1nc2cccc(C(=O)OC(C)OC(=O)OC3CC=CCC3)c2n1Cc1ccc(-c2ccccc2C(N=NN)=NCc2ccccc2)cc1. The van der Waals surface area contributed by atoms with Gasteiger partial charge in [-0.15, -0.1) is 5.11 Å². The Labute approximate surface area is 301 Å². The number of allylic oxidation sites excluding steroid dienone is 1. The maximum absolute atomic E-state index is 13.5. The Kier molecular flexibility index (Phi) is 11.7. The van der Waals surface area contributed by atoms with Crippen LogP contribution in [0.25, 0.3) is 22.2 Å². The van der Waals surface area contributed by atoms with E-state index in [2.05, 4.69) is 15.3 Å². The second kappa shape index (κ2) is 17.1. The molecule has 0 saturated carbocycles. The number of nitrogens with two attached hydrogens (primary N) is 1. The largest absolute Gasteiger partial charge is 0.511 e. The van der Waals surface area contributed by atoms with Gasteiger partial charge in [-0.3, -0.25) is 9.56 Å². The van der Waals surface area contributed by atoms with Crippen molar-refractivity contribution in [3.05, 3.63) is 131 Å². The molecule has 0 amide bonds. The molecule has 1 aliphatic carbocycles. The Bertz CT molecular complexity index is 2090. The van der Waals surface area contributed by atoms with E-state index >= 15 is 0 Å². The number of fused-ring (bicyclic) bond motifs is 1. The van der Waals surface area contributed by atoms with E-state index in [9.17, 15) is 9.59 Å². The molecule has 0 fully saturated rings. The summed E-state index contributed by atoms with van der Waals surface area (Å²) in [6, 6.07) is 31.3. The summed E-state index contributed by atoms with van der Waals surface area (Å²) in [5.74, 6) is 5.24. The van der Waals surface area contributed by atoms with Gasteiger partial charge in [0.1, 0.15) is 6.10 Å². The van der Waals surface area contributed by atoms with E-state index in [1.165, 1.54) is 6.92 Å². The van der Waals surface area contributed by atoms with Crippen molar-refractivity contribution < 1.29 is 28.5 Å². The van der Waals surface area contributed by atoms with Crippen molar-refractivity contribution >= 4 is 29.0 Å². The number of carbonyl (C=O) groups is 2. The summed E-state index contributed by atoms with van der Waals surface area (Å²) in [7, 11) is 0. The van der Waals surface area contributed by atoms with Gasteiger partial charge in [-0.1, -0.05) is 102 Å². The Morgan fingerprint density at radius 1 is 0.904 bits per heavy atom. The minimum atomic E-state index is -1.18. The van der Waals surface area contributed by atoms with Crippen molar-refractivity contribution in [3.8, 4) is 17.1 Å². The molecule has 52 heavy (non-hydrogen) atoms. The molecule has 12 heteroatoms. The van der Waals surface area contributed by atoms with Crippen LogP contribution in [-0.4, -0.2) is 46.5 Å². The molecule has 0 bridgehead atoms. The number of hydrogen-bond donors (Lipinski definition) is 1. The fourth-order valence-electron chi connectivity index (χ4n) is 6.00. The van der Waals surface area contributed by atoms with Crippen molar-refractivity contribution in [3.63, 3.8) is 0 Å². The minimum Gasteiger partial charge on any atom is -0.465 e. The number of rotatable bonds is 12. The third-order valence-corrected chi connectivity index (χ3v) is 8.42. The summed E-state index contributed by atoms with van der Waals surface area (Å²) >= 11 is 0. The summed E-state index contributed by atoms with van der Waals surface area (Å²) in [4.78, 5) is 35.2. The van der Waals surface area contributed by atoms with Gasteiger partial charge in [0.05, 0.1) is 36.3 Å². The molecule has 2 atom stereocenters. The highest BCUT2D eigenvalue weighted by atomic mass is 16.8. The van der Waals surface area contributed by atoms with Crippen molar-refractivity contribution in [2.45, 2.75) is 58.6 Å². The number of benzene rings is 4. The molecule has 5 aromatic rings. The molecular formula is C40H40N6O6. The molecule has 2 N–H and O–H groups in total. The minimum absolute atomic E-state index is 0.249. The number of amidine groups is 1. The zero-order valence-electron chi connectivity index (χ0n) is 29.1. The van der Waals surface area contributed by atoms with Crippen molar-refractivity contribution in [2.75, 3.05) is 6.61 Å². The molecule has 6 rings (SSSR count). The highest BCUT2D eigenvalue weighted by Crippen LogP contribution is 2.29. The maximum atomic E-state index is 13.5. The lowest BCUT2D eigenvalue weighted by Gasteiger charge is -2.20. The normalized spacial score (nSPS) is 15.0. The van der Waals surface area contributed by atoms with Crippen LogP contribution in [0, 0.1) is 0 Å². The van der Waals surface area contributed by atoms with Crippen molar-refractivity contribution in [1.82, 2.24) is 9.55 Å². The monoisotopic (exact) mass is 700 g/mol. The fourth-order valence-corrected chi connectivity index (χ4v) is 6.00. The maximum Gasteiger partial charge on any atom is 0.511 e. The van der Waals surface area contributed by atoms with Crippen molar-refractivity contribution in [1.29, 1.82) is 0 Å². The first-order valence-electron chi connectivity index (χ1n) is 17.2. The van der Waals surface area contributed by atoms with E-state index in [1.807, 2.05) is 103 Å². The Morgan fingerprint density at radius 3 is 2.42 bits per heavy atom. The average molecular weight is 701 g/mol. The third kappa shape index (κ3) is 8.70. The smallest absolute Gasteiger partial charge is 0.465 e. The summed E-state index contributed by atoms with van der Waals surface area (Å²) < 4.78 is 23.9. The molecule has 1 aliphatic rings. The molecule has 266 valence electrons. The lowest BCUT2D eigenvalue weighted by Crippen LogP contribution is -2.26. The topological polar surface area (TPSA) is 152 Å². The van der Waals surface area contributed by atoms with Gasteiger partial charge in [0.2, 0.25) is 6.29 Å². The number of esters is 1. The fraction of sp³-hybridized carbons (Fsp3) is 0.250. The van der Waals surface area contributed by atoms with Crippen LogP contribution in [0.4, 0.5) is 4.79 Å². The quantitative estimate of drug-likeness (QED) is 0.0200. The van der Waals surface area contributed by atoms with Gasteiger partial charge in [0.15, 0.2) is 5.84 Å². The highest BCUT2D eigenvalue weighted by molar-refractivity contribution is 6.05. The summed E-state index contributed by atoms with van der Waals surface area (Å²) in [6.45, 7) is 4.48. The van der Waals surface area contributed by atoms with Crippen LogP contribution in [0.15, 0.2) is 125 Å². The molecule has 0 aliphatic heterocycles. The first kappa shape index (κ1) is 35.5. The van der Waals surface area contributed by atoms with E-state index in [0.717, 1.165) is 40.7 Å². The molecule has 2 unspecified atom stereocenters. The van der Waals surface area contributed by atoms with Crippen LogP contribution < -0.4 is 10.6 Å². The predicted octanol–water partition coefficient (Wildman–Crippen LogP) is 8.19. The van der Waals surface area contributed by atoms with E-state index < -0.39 is 18.4 Å². The Morgan fingerprint density at radius 2 is 1.67 bits per heavy atom. The Balaban J connectivity index is 1.23.